The van der Waals surface area contributed by atoms with Crippen molar-refractivity contribution in [3.63, 3.8) is 0 Å². The van der Waals surface area contributed by atoms with Gasteiger partial charge in [0, 0.05) is 10.5 Å². The first-order chi connectivity index (χ1) is 13.5. The van der Waals surface area contributed by atoms with Crippen LogP contribution in [0.25, 0.3) is 5.69 Å². The second-order valence-corrected chi connectivity index (χ2v) is 7.27. The molecule has 6 nitrogen and oxygen atoms in total. The van der Waals surface area contributed by atoms with Crippen LogP contribution in [0.1, 0.15) is 18.2 Å². The van der Waals surface area contributed by atoms with Crippen LogP contribution in [0.2, 0.25) is 0 Å². The van der Waals surface area contributed by atoms with E-state index in [9.17, 15) is 4.79 Å². The first-order valence-corrected chi connectivity index (χ1v) is 9.63. The molecule has 0 spiro atoms. The topological polar surface area (TPSA) is 65.4 Å². The van der Waals surface area contributed by atoms with Crippen LogP contribution in [0, 0.1) is 6.92 Å². The molecule has 1 unspecified atom stereocenters. The van der Waals surface area contributed by atoms with E-state index in [1.54, 1.807) is 18.7 Å². The summed E-state index contributed by atoms with van der Waals surface area (Å²) >= 11 is 3.46. The molecule has 0 fully saturated rings. The Labute approximate surface area is 172 Å². The van der Waals surface area contributed by atoms with E-state index in [0.29, 0.717) is 12.4 Å². The number of amides is 1. The maximum atomic E-state index is 12.6. The molecule has 0 aliphatic carbocycles. The van der Waals surface area contributed by atoms with Gasteiger partial charge in [-0.2, -0.15) is 5.10 Å². The fourth-order valence-corrected chi connectivity index (χ4v) is 3.07. The lowest BCUT2D eigenvalue weighted by molar-refractivity contribution is -0.127. The number of nitrogens with zero attached hydrogens (tertiary/aromatic N) is 2. The highest BCUT2D eigenvalue weighted by molar-refractivity contribution is 9.10. The molecule has 7 heteroatoms. The fourth-order valence-electron chi connectivity index (χ4n) is 2.68. The van der Waals surface area contributed by atoms with Gasteiger partial charge in [0.1, 0.15) is 17.7 Å². The van der Waals surface area contributed by atoms with Gasteiger partial charge in [-0.1, -0.05) is 34.1 Å². The fraction of sp³-hybridized carbons (Fsp3) is 0.238. The Bertz CT molecular complexity index is 971. The SMILES string of the molecule is COc1cccc(COC(C)C(=O)Nc2cc(C)nn2-c2cccc(Br)c2)c1. The summed E-state index contributed by atoms with van der Waals surface area (Å²) in [4.78, 5) is 12.6. The number of benzene rings is 2. The Morgan fingerprint density at radius 2 is 2.00 bits per heavy atom. The van der Waals surface area contributed by atoms with Crippen molar-refractivity contribution in [3.8, 4) is 11.4 Å². The molecule has 2 aromatic carbocycles. The molecule has 1 amide bonds. The summed E-state index contributed by atoms with van der Waals surface area (Å²) in [5.74, 6) is 1.11. The van der Waals surface area contributed by atoms with Gasteiger partial charge in [0.25, 0.3) is 5.91 Å². The Morgan fingerprint density at radius 3 is 2.75 bits per heavy atom. The van der Waals surface area contributed by atoms with Crippen LogP contribution in [0.4, 0.5) is 5.82 Å². The third-order valence-electron chi connectivity index (χ3n) is 4.14. The average molecular weight is 444 g/mol. The van der Waals surface area contributed by atoms with Crippen molar-refractivity contribution in [2.75, 3.05) is 12.4 Å². The third kappa shape index (κ3) is 4.99. The summed E-state index contributed by atoms with van der Waals surface area (Å²) in [6.45, 7) is 3.92. The van der Waals surface area contributed by atoms with Crippen molar-refractivity contribution in [1.82, 2.24) is 9.78 Å². The number of carbonyl (C=O) groups excluding carboxylic acids is 1. The summed E-state index contributed by atoms with van der Waals surface area (Å²) in [7, 11) is 1.62. The average Bonchev–Trinajstić information content (AvgIpc) is 3.06. The molecule has 0 bridgehead atoms. The first kappa shape index (κ1) is 20.1. The van der Waals surface area contributed by atoms with Crippen molar-refractivity contribution < 1.29 is 14.3 Å². The number of hydrogen-bond donors (Lipinski definition) is 1. The molecule has 1 atom stereocenters. The predicted octanol–water partition coefficient (Wildman–Crippen LogP) is 4.50. The van der Waals surface area contributed by atoms with Crippen LogP contribution < -0.4 is 10.1 Å². The number of aromatic nitrogens is 2. The van der Waals surface area contributed by atoms with E-state index in [4.69, 9.17) is 9.47 Å². The Kier molecular flexibility index (Phi) is 6.49. The van der Waals surface area contributed by atoms with E-state index < -0.39 is 6.10 Å². The lowest BCUT2D eigenvalue weighted by atomic mass is 10.2. The second-order valence-electron chi connectivity index (χ2n) is 6.36. The molecule has 1 heterocycles. The van der Waals surface area contributed by atoms with Crippen LogP contribution in [0.15, 0.2) is 59.1 Å². The monoisotopic (exact) mass is 443 g/mol. The van der Waals surface area contributed by atoms with Gasteiger partial charge in [0.15, 0.2) is 0 Å². The van der Waals surface area contributed by atoms with Gasteiger partial charge in [0.2, 0.25) is 0 Å². The molecule has 0 saturated carbocycles. The zero-order chi connectivity index (χ0) is 20.1. The van der Waals surface area contributed by atoms with Gasteiger partial charge in [0.05, 0.1) is 25.1 Å². The first-order valence-electron chi connectivity index (χ1n) is 8.84. The van der Waals surface area contributed by atoms with Gasteiger partial charge in [-0.15, -0.1) is 0 Å². The lowest BCUT2D eigenvalue weighted by Gasteiger charge is -2.15. The van der Waals surface area contributed by atoms with Gasteiger partial charge in [-0.05, 0) is 49.7 Å². The van der Waals surface area contributed by atoms with Crippen LogP contribution in [-0.2, 0) is 16.1 Å². The smallest absolute Gasteiger partial charge is 0.254 e. The van der Waals surface area contributed by atoms with E-state index in [1.165, 1.54) is 0 Å². The summed E-state index contributed by atoms with van der Waals surface area (Å²) in [6, 6.07) is 17.1. The highest BCUT2D eigenvalue weighted by Gasteiger charge is 2.17. The number of nitrogens with one attached hydrogen (secondary N) is 1. The summed E-state index contributed by atoms with van der Waals surface area (Å²) in [6.07, 6.45) is -0.627. The van der Waals surface area contributed by atoms with E-state index in [1.807, 2.05) is 61.5 Å². The second kappa shape index (κ2) is 9.03. The molecule has 0 saturated heterocycles. The van der Waals surface area contributed by atoms with Crippen LogP contribution >= 0.6 is 15.9 Å². The Morgan fingerprint density at radius 1 is 1.21 bits per heavy atom. The van der Waals surface area contributed by atoms with Gasteiger partial charge < -0.3 is 14.8 Å². The minimum absolute atomic E-state index is 0.237. The van der Waals surface area contributed by atoms with E-state index in [2.05, 4.69) is 26.3 Å². The molecule has 146 valence electrons. The number of ether oxygens (including phenoxy) is 2. The van der Waals surface area contributed by atoms with Crippen molar-refractivity contribution in [3.05, 3.63) is 70.3 Å². The van der Waals surface area contributed by atoms with Gasteiger partial charge in [-0.3, -0.25) is 4.79 Å². The molecule has 0 aliphatic rings. The zero-order valence-electron chi connectivity index (χ0n) is 16.0. The molecule has 1 N–H and O–H groups in total. The Balaban J connectivity index is 1.67. The lowest BCUT2D eigenvalue weighted by Crippen LogP contribution is -2.28. The van der Waals surface area contributed by atoms with Crippen LogP contribution in [0.3, 0.4) is 0 Å². The maximum absolute atomic E-state index is 12.6. The van der Waals surface area contributed by atoms with Crippen LogP contribution in [0.5, 0.6) is 5.75 Å². The zero-order valence-corrected chi connectivity index (χ0v) is 17.6. The van der Waals surface area contributed by atoms with Crippen molar-refractivity contribution in [1.29, 1.82) is 0 Å². The third-order valence-corrected chi connectivity index (χ3v) is 4.63. The highest BCUT2D eigenvalue weighted by Crippen LogP contribution is 2.21. The number of halogens is 1. The molecule has 28 heavy (non-hydrogen) atoms. The highest BCUT2D eigenvalue weighted by atomic mass is 79.9. The van der Waals surface area contributed by atoms with Crippen molar-refractivity contribution in [2.24, 2.45) is 0 Å². The molecular formula is C21H22BrN3O3. The number of hydrogen-bond acceptors (Lipinski definition) is 4. The summed E-state index contributed by atoms with van der Waals surface area (Å²) < 4.78 is 13.6. The number of methoxy groups -OCH3 is 1. The predicted molar refractivity (Wildman–Crippen MR) is 112 cm³/mol. The Hall–Kier alpha value is -2.64. The largest absolute Gasteiger partial charge is 0.497 e. The van der Waals surface area contributed by atoms with E-state index >= 15 is 0 Å². The minimum Gasteiger partial charge on any atom is -0.497 e. The number of carbonyl (C=O) groups is 1. The molecule has 0 radical (unpaired) electrons. The molecule has 1 aromatic heterocycles. The molecule has 0 aliphatic heterocycles. The molecule has 3 aromatic rings. The van der Waals surface area contributed by atoms with E-state index in [0.717, 1.165) is 27.2 Å². The summed E-state index contributed by atoms with van der Waals surface area (Å²) in [5, 5.41) is 7.38. The quantitative estimate of drug-likeness (QED) is 0.583. The number of anilines is 1. The molecule has 3 rings (SSSR count). The molecular weight excluding hydrogens is 422 g/mol. The minimum atomic E-state index is -0.627. The number of aryl methyl sites for hydroxylation is 1. The van der Waals surface area contributed by atoms with Gasteiger partial charge >= 0.3 is 0 Å². The van der Waals surface area contributed by atoms with Crippen molar-refractivity contribution in [2.45, 2.75) is 26.6 Å². The standard InChI is InChI=1S/C21H22BrN3O3/c1-14-10-20(25(24-14)18-8-5-7-17(22)12-18)23-21(26)15(2)28-13-16-6-4-9-19(11-16)27-3/h4-12,15H,13H2,1-3H3,(H,23,26). The maximum Gasteiger partial charge on any atom is 0.254 e. The van der Waals surface area contributed by atoms with Crippen molar-refractivity contribution >= 4 is 27.7 Å². The van der Waals surface area contributed by atoms with E-state index in [-0.39, 0.29) is 5.91 Å². The normalized spacial score (nSPS) is 11.9. The number of rotatable bonds is 7. The van der Waals surface area contributed by atoms with Crippen LogP contribution in [-0.4, -0.2) is 28.9 Å². The summed E-state index contributed by atoms with van der Waals surface area (Å²) in [5.41, 5.74) is 2.59. The van der Waals surface area contributed by atoms with Gasteiger partial charge in [-0.25, -0.2) is 4.68 Å².